The molecule has 3 N–H and O–H groups in total. The van der Waals surface area contributed by atoms with Crippen molar-refractivity contribution in [1.82, 2.24) is 15.3 Å². The fourth-order valence-electron chi connectivity index (χ4n) is 3.61. The molecule has 4 rings (SSSR count). The molecule has 2 aromatic carbocycles. The molecule has 148 valence electrons. The van der Waals surface area contributed by atoms with Gasteiger partial charge in [0.1, 0.15) is 18.8 Å². The van der Waals surface area contributed by atoms with E-state index in [0.717, 1.165) is 22.3 Å². The van der Waals surface area contributed by atoms with Gasteiger partial charge in [-0.05, 0) is 22.3 Å². The van der Waals surface area contributed by atoms with E-state index >= 15 is 0 Å². The first-order valence-electron chi connectivity index (χ1n) is 9.36. The van der Waals surface area contributed by atoms with Crippen molar-refractivity contribution in [3.63, 3.8) is 0 Å². The van der Waals surface area contributed by atoms with Crippen LogP contribution in [-0.4, -0.2) is 45.5 Å². The minimum absolute atomic E-state index is 0.0387. The largest absolute Gasteiger partial charge is 0.449 e. The smallest absolute Gasteiger partial charge is 0.407 e. The predicted molar refractivity (Wildman–Crippen MR) is 106 cm³/mol. The number of nitrogens with zero attached hydrogens (tertiary/aromatic N) is 2. The molecule has 1 aliphatic carbocycles. The molecule has 0 fully saturated rings. The van der Waals surface area contributed by atoms with Crippen molar-refractivity contribution < 1.29 is 19.7 Å². The fraction of sp³-hybridized carbons (Fsp3) is 0.227. The Bertz CT molecular complexity index is 951. The van der Waals surface area contributed by atoms with E-state index in [1.165, 1.54) is 18.6 Å². The van der Waals surface area contributed by atoms with E-state index < -0.39 is 18.3 Å². The van der Waals surface area contributed by atoms with E-state index in [1.807, 2.05) is 36.4 Å². The van der Waals surface area contributed by atoms with E-state index in [4.69, 9.17) is 4.74 Å². The molecule has 0 aliphatic heterocycles. The molecule has 1 heterocycles. The molecule has 7 nitrogen and oxygen atoms in total. The summed E-state index contributed by atoms with van der Waals surface area (Å²) in [6.45, 7) is 0.0110. The summed E-state index contributed by atoms with van der Waals surface area (Å²) in [5.41, 5.74) is 4.79. The molecule has 0 radical (unpaired) electrons. The van der Waals surface area contributed by atoms with Crippen LogP contribution in [0.4, 0.5) is 4.79 Å². The van der Waals surface area contributed by atoms with Gasteiger partial charge in [-0.2, -0.15) is 0 Å². The first-order chi connectivity index (χ1) is 14.1. The van der Waals surface area contributed by atoms with Gasteiger partial charge in [0, 0.05) is 24.9 Å². The van der Waals surface area contributed by atoms with Gasteiger partial charge in [-0.3, -0.25) is 9.97 Å². The van der Waals surface area contributed by atoms with Gasteiger partial charge in [-0.25, -0.2) is 4.79 Å². The van der Waals surface area contributed by atoms with Crippen LogP contribution in [0.2, 0.25) is 0 Å². The molecule has 7 heteroatoms. The van der Waals surface area contributed by atoms with Crippen molar-refractivity contribution in [2.75, 3.05) is 13.2 Å². The Hall–Kier alpha value is -3.29. The molecule has 0 saturated heterocycles. The van der Waals surface area contributed by atoms with E-state index in [0.29, 0.717) is 0 Å². The van der Waals surface area contributed by atoms with Crippen LogP contribution in [0.15, 0.2) is 67.1 Å². The lowest BCUT2D eigenvalue weighted by Gasteiger charge is -2.18. The van der Waals surface area contributed by atoms with Gasteiger partial charge in [0.25, 0.3) is 0 Å². The summed E-state index contributed by atoms with van der Waals surface area (Å²) in [6, 6.07) is 16.2. The molecule has 1 amide bonds. The van der Waals surface area contributed by atoms with Gasteiger partial charge < -0.3 is 20.3 Å². The highest BCUT2D eigenvalue weighted by atomic mass is 16.5. The molecule has 0 bridgehead atoms. The number of ether oxygens (including phenoxy) is 1. The second-order valence-corrected chi connectivity index (χ2v) is 6.85. The summed E-state index contributed by atoms with van der Waals surface area (Å²) in [5.74, 6) is -0.0387. The number of benzene rings is 2. The molecule has 2 atom stereocenters. The Labute approximate surface area is 168 Å². The number of alkyl carbamates (subject to hydrolysis) is 1. The molecule has 3 aromatic rings. The molecule has 1 aliphatic rings. The molecule has 0 saturated carbocycles. The van der Waals surface area contributed by atoms with E-state index in [-0.39, 0.29) is 24.8 Å². The Morgan fingerprint density at radius 2 is 1.69 bits per heavy atom. The Morgan fingerprint density at radius 1 is 1.03 bits per heavy atom. The van der Waals surface area contributed by atoms with Crippen molar-refractivity contribution in [1.29, 1.82) is 0 Å². The number of fused-ring (bicyclic) bond motifs is 3. The second kappa shape index (κ2) is 8.38. The zero-order chi connectivity index (χ0) is 20.2. The van der Waals surface area contributed by atoms with Crippen LogP contribution in [0.25, 0.3) is 11.1 Å². The maximum Gasteiger partial charge on any atom is 0.407 e. The van der Waals surface area contributed by atoms with Gasteiger partial charge in [-0.15, -0.1) is 0 Å². The van der Waals surface area contributed by atoms with Gasteiger partial charge in [0.15, 0.2) is 0 Å². The highest BCUT2D eigenvalue weighted by molar-refractivity contribution is 5.79. The number of nitrogens with one attached hydrogen (secondary N) is 1. The first-order valence-corrected chi connectivity index (χ1v) is 9.36. The van der Waals surface area contributed by atoms with Crippen LogP contribution in [0, 0.1) is 0 Å². The number of rotatable bonds is 6. The monoisotopic (exact) mass is 391 g/mol. The second-order valence-electron chi connectivity index (χ2n) is 6.85. The van der Waals surface area contributed by atoms with Crippen molar-refractivity contribution in [3.05, 3.63) is 83.9 Å². The van der Waals surface area contributed by atoms with E-state index in [1.54, 1.807) is 0 Å². The number of aliphatic hydroxyl groups excluding tert-OH is 2. The summed E-state index contributed by atoms with van der Waals surface area (Å²) in [4.78, 5) is 19.9. The highest BCUT2D eigenvalue weighted by Gasteiger charge is 2.29. The molecular weight excluding hydrogens is 370 g/mol. The van der Waals surface area contributed by atoms with Gasteiger partial charge in [0.2, 0.25) is 0 Å². The van der Waals surface area contributed by atoms with E-state index in [9.17, 15) is 15.0 Å². The number of hydrogen-bond donors (Lipinski definition) is 3. The fourth-order valence-corrected chi connectivity index (χ4v) is 3.61. The Morgan fingerprint density at radius 3 is 2.31 bits per heavy atom. The van der Waals surface area contributed by atoms with E-state index in [2.05, 4.69) is 27.4 Å². The van der Waals surface area contributed by atoms with Crippen LogP contribution < -0.4 is 5.32 Å². The number of carbonyl (C=O) groups is 1. The quantitative estimate of drug-likeness (QED) is 0.596. The summed E-state index contributed by atoms with van der Waals surface area (Å²) < 4.78 is 5.40. The van der Waals surface area contributed by atoms with Crippen LogP contribution in [0.1, 0.15) is 28.8 Å². The third-order valence-corrected chi connectivity index (χ3v) is 5.05. The molecule has 0 spiro atoms. The Kier molecular flexibility index (Phi) is 5.50. The summed E-state index contributed by atoms with van der Waals surface area (Å²) in [5, 5.41) is 22.6. The zero-order valence-corrected chi connectivity index (χ0v) is 15.6. The third-order valence-electron chi connectivity index (χ3n) is 5.05. The lowest BCUT2D eigenvalue weighted by atomic mass is 9.98. The number of amides is 1. The molecule has 1 aromatic heterocycles. The summed E-state index contributed by atoms with van der Waals surface area (Å²) >= 11 is 0. The minimum atomic E-state index is -1.25. The normalized spacial score (nSPS) is 14.6. The van der Waals surface area contributed by atoms with Crippen LogP contribution in [-0.2, 0) is 4.74 Å². The third kappa shape index (κ3) is 3.96. The van der Waals surface area contributed by atoms with Gasteiger partial charge in [0.05, 0.1) is 11.9 Å². The topological polar surface area (TPSA) is 105 Å². The maximum atomic E-state index is 12.1. The minimum Gasteiger partial charge on any atom is -0.449 e. The molecular formula is C22H21N3O4. The highest BCUT2D eigenvalue weighted by Crippen LogP contribution is 2.44. The zero-order valence-electron chi connectivity index (χ0n) is 15.6. The van der Waals surface area contributed by atoms with Crippen molar-refractivity contribution in [3.8, 4) is 11.1 Å². The standard InChI is InChI=1S/C22H21N3O4/c26-20(21(27)19-11-23-9-10-24-19)12-25-22(28)29-13-18-16-7-3-1-5-14(16)15-6-2-4-8-17(15)18/h1-11,18,20-21,26-27H,12-13H2,(H,25,28). The van der Waals surface area contributed by atoms with Crippen molar-refractivity contribution in [2.45, 2.75) is 18.1 Å². The number of aliphatic hydroxyl groups is 2. The number of hydrogen-bond acceptors (Lipinski definition) is 6. The summed E-state index contributed by atoms with van der Waals surface area (Å²) in [7, 11) is 0. The molecule has 2 unspecified atom stereocenters. The molecule has 29 heavy (non-hydrogen) atoms. The maximum absolute atomic E-state index is 12.1. The Balaban J connectivity index is 1.34. The van der Waals surface area contributed by atoms with Gasteiger partial charge >= 0.3 is 6.09 Å². The summed E-state index contributed by atoms with van der Waals surface area (Å²) in [6.07, 6.45) is 1.12. The SMILES string of the molecule is O=C(NCC(O)C(O)c1cnccn1)OCC1c2ccccc2-c2ccccc21. The lowest BCUT2D eigenvalue weighted by Crippen LogP contribution is -2.36. The van der Waals surface area contributed by atoms with Crippen LogP contribution in [0.5, 0.6) is 0 Å². The van der Waals surface area contributed by atoms with Crippen molar-refractivity contribution in [2.24, 2.45) is 0 Å². The number of carbonyl (C=O) groups excluding carboxylic acids is 1. The first kappa shape index (κ1) is 19.0. The van der Waals surface area contributed by atoms with Crippen LogP contribution >= 0.6 is 0 Å². The predicted octanol–water partition coefficient (Wildman–Crippen LogP) is 2.41. The lowest BCUT2D eigenvalue weighted by molar-refractivity contribution is 0.0158. The number of aromatic nitrogens is 2. The average Bonchev–Trinajstić information content (AvgIpc) is 3.10. The van der Waals surface area contributed by atoms with Crippen molar-refractivity contribution >= 4 is 6.09 Å². The average molecular weight is 391 g/mol. The van der Waals surface area contributed by atoms with Crippen LogP contribution in [0.3, 0.4) is 0 Å². The van der Waals surface area contributed by atoms with Gasteiger partial charge in [-0.1, -0.05) is 48.5 Å².